The summed E-state index contributed by atoms with van der Waals surface area (Å²) < 4.78 is 11.2. The second-order valence-corrected chi connectivity index (χ2v) is 5.79. The lowest BCUT2D eigenvalue weighted by molar-refractivity contribution is -0.118. The van der Waals surface area contributed by atoms with Crippen molar-refractivity contribution in [2.75, 3.05) is 11.9 Å². The van der Waals surface area contributed by atoms with Gasteiger partial charge in [0.2, 0.25) is 5.95 Å². The number of nitrogens with one attached hydrogen (secondary N) is 2. The normalized spacial score (nSPS) is 15.5. The Hall–Kier alpha value is -2.90. The van der Waals surface area contributed by atoms with Crippen LogP contribution in [0.15, 0.2) is 24.5 Å². The van der Waals surface area contributed by atoms with Crippen molar-refractivity contribution >= 4 is 17.6 Å². The molecule has 1 aromatic carbocycles. The third kappa shape index (κ3) is 3.47. The summed E-state index contributed by atoms with van der Waals surface area (Å²) in [6.45, 7) is 3.51. The Morgan fingerprint density at radius 1 is 1.48 bits per heavy atom. The van der Waals surface area contributed by atoms with Crippen LogP contribution in [0.5, 0.6) is 11.5 Å². The van der Waals surface area contributed by atoms with E-state index in [4.69, 9.17) is 9.47 Å². The number of nitrogens with zero attached hydrogens (tertiary/aromatic N) is 2. The zero-order valence-corrected chi connectivity index (χ0v) is 12.8. The molecule has 0 unspecified atom stereocenters. The molecule has 8 heteroatoms. The summed E-state index contributed by atoms with van der Waals surface area (Å²) in [6, 6.07) is 4.91. The topological polar surface area (TPSA) is 106 Å². The maximum absolute atomic E-state index is 12.1. The number of benzene rings is 1. The van der Waals surface area contributed by atoms with Crippen molar-refractivity contribution in [2.24, 2.45) is 0 Å². The SMILES string of the molecule is CC1(C)CC(=O)c2ccc(OCC(=O)Nc3ncn[nH]3)cc2O1. The summed E-state index contributed by atoms with van der Waals surface area (Å²) in [5.41, 5.74) is -0.0189. The molecule has 0 spiro atoms. The Morgan fingerprint density at radius 2 is 2.30 bits per heavy atom. The molecule has 120 valence electrons. The van der Waals surface area contributed by atoms with Gasteiger partial charge >= 0.3 is 0 Å². The number of ketones is 1. The van der Waals surface area contributed by atoms with Gasteiger partial charge in [-0.05, 0) is 26.0 Å². The predicted molar refractivity (Wildman–Crippen MR) is 80.6 cm³/mol. The van der Waals surface area contributed by atoms with Crippen molar-refractivity contribution < 1.29 is 19.1 Å². The van der Waals surface area contributed by atoms with Gasteiger partial charge in [0.25, 0.3) is 5.91 Å². The van der Waals surface area contributed by atoms with Crippen molar-refractivity contribution in [3.05, 3.63) is 30.1 Å². The fourth-order valence-electron chi connectivity index (χ4n) is 2.31. The summed E-state index contributed by atoms with van der Waals surface area (Å²) in [5, 5.41) is 8.63. The molecule has 0 fully saturated rings. The van der Waals surface area contributed by atoms with E-state index in [-0.39, 0.29) is 24.2 Å². The number of rotatable bonds is 4. The maximum Gasteiger partial charge on any atom is 0.264 e. The second-order valence-electron chi connectivity index (χ2n) is 5.79. The van der Waals surface area contributed by atoms with Gasteiger partial charge in [-0.2, -0.15) is 10.1 Å². The fraction of sp³-hybridized carbons (Fsp3) is 0.333. The lowest BCUT2D eigenvalue weighted by Gasteiger charge is -2.31. The van der Waals surface area contributed by atoms with Crippen LogP contribution >= 0.6 is 0 Å². The molecule has 0 bridgehead atoms. The van der Waals surface area contributed by atoms with E-state index in [0.717, 1.165) is 0 Å². The number of ether oxygens (including phenoxy) is 2. The molecule has 0 aliphatic carbocycles. The van der Waals surface area contributed by atoms with E-state index in [1.807, 2.05) is 13.8 Å². The number of H-pyrrole nitrogens is 1. The molecule has 1 aliphatic rings. The number of amides is 1. The summed E-state index contributed by atoms with van der Waals surface area (Å²) in [7, 11) is 0. The number of hydrogen-bond acceptors (Lipinski definition) is 6. The van der Waals surface area contributed by atoms with E-state index in [2.05, 4.69) is 20.5 Å². The van der Waals surface area contributed by atoms with Gasteiger partial charge in [-0.1, -0.05) is 0 Å². The molecule has 0 radical (unpaired) electrons. The van der Waals surface area contributed by atoms with Gasteiger partial charge in [0.15, 0.2) is 12.4 Å². The highest BCUT2D eigenvalue weighted by atomic mass is 16.5. The summed E-state index contributed by atoms with van der Waals surface area (Å²) >= 11 is 0. The molecule has 1 aromatic heterocycles. The fourth-order valence-corrected chi connectivity index (χ4v) is 2.31. The molecule has 1 aliphatic heterocycles. The van der Waals surface area contributed by atoms with Crippen molar-refractivity contribution in [3.63, 3.8) is 0 Å². The van der Waals surface area contributed by atoms with Crippen LogP contribution in [0.2, 0.25) is 0 Å². The zero-order valence-electron chi connectivity index (χ0n) is 12.8. The van der Waals surface area contributed by atoms with E-state index < -0.39 is 5.60 Å². The molecule has 8 nitrogen and oxygen atoms in total. The van der Waals surface area contributed by atoms with Gasteiger partial charge in [-0.25, -0.2) is 5.10 Å². The van der Waals surface area contributed by atoms with E-state index >= 15 is 0 Å². The minimum absolute atomic E-state index is 0.0332. The number of fused-ring (bicyclic) bond motifs is 1. The first kappa shape index (κ1) is 15.0. The van der Waals surface area contributed by atoms with E-state index in [0.29, 0.717) is 23.5 Å². The Morgan fingerprint density at radius 3 is 3.04 bits per heavy atom. The van der Waals surface area contributed by atoms with Crippen molar-refractivity contribution in [3.8, 4) is 11.5 Å². The van der Waals surface area contributed by atoms with Crippen LogP contribution in [-0.4, -0.2) is 39.1 Å². The molecule has 2 heterocycles. The second kappa shape index (κ2) is 5.71. The first-order valence-corrected chi connectivity index (χ1v) is 7.07. The molecule has 0 saturated heterocycles. The van der Waals surface area contributed by atoms with Crippen molar-refractivity contribution in [1.82, 2.24) is 15.2 Å². The van der Waals surface area contributed by atoms with Gasteiger partial charge in [0, 0.05) is 6.07 Å². The number of Topliss-reactive ketones (excluding diaryl/α,β-unsaturated/α-hetero) is 1. The van der Waals surface area contributed by atoms with Crippen LogP contribution in [-0.2, 0) is 4.79 Å². The minimum atomic E-state index is -0.549. The van der Waals surface area contributed by atoms with Crippen LogP contribution < -0.4 is 14.8 Å². The summed E-state index contributed by atoms with van der Waals surface area (Å²) in [4.78, 5) is 27.6. The van der Waals surface area contributed by atoms with Crippen LogP contribution in [0.4, 0.5) is 5.95 Å². The number of carbonyl (C=O) groups is 2. The monoisotopic (exact) mass is 316 g/mol. The number of hydrogen-bond donors (Lipinski definition) is 2. The van der Waals surface area contributed by atoms with E-state index in [1.54, 1.807) is 18.2 Å². The Bertz CT molecular complexity index is 740. The number of anilines is 1. The maximum atomic E-state index is 12.1. The molecule has 23 heavy (non-hydrogen) atoms. The van der Waals surface area contributed by atoms with Crippen LogP contribution in [0.1, 0.15) is 30.6 Å². The summed E-state index contributed by atoms with van der Waals surface area (Å²) in [5.74, 6) is 0.823. The highest BCUT2D eigenvalue weighted by Gasteiger charge is 2.32. The number of carbonyl (C=O) groups excluding carboxylic acids is 2. The molecule has 3 rings (SSSR count). The Kier molecular flexibility index (Phi) is 3.73. The minimum Gasteiger partial charge on any atom is -0.486 e. The number of aromatic amines is 1. The first-order chi connectivity index (χ1) is 10.9. The van der Waals surface area contributed by atoms with Gasteiger partial charge in [-0.3, -0.25) is 14.9 Å². The van der Waals surface area contributed by atoms with E-state index in [1.165, 1.54) is 6.33 Å². The highest BCUT2D eigenvalue weighted by molar-refractivity contribution is 6.00. The van der Waals surface area contributed by atoms with E-state index in [9.17, 15) is 9.59 Å². The van der Waals surface area contributed by atoms with Crippen LogP contribution in [0.25, 0.3) is 0 Å². The number of aromatic nitrogens is 3. The molecule has 0 atom stereocenters. The predicted octanol–water partition coefficient (Wildman–Crippen LogP) is 1.57. The largest absolute Gasteiger partial charge is 0.486 e. The lowest BCUT2D eigenvalue weighted by atomic mass is 9.93. The quantitative estimate of drug-likeness (QED) is 0.886. The third-order valence-electron chi connectivity index (χ3n) is 3.27. The molecule has 2 aromatic rings. The van der Waals surface area contributed by atoms with Gasteiger partial charge in [0.05, 0.1) is 12.0 Å². The Labute approximate surface area is 132 Å². The average molecular weight is 316 g/mol. The molecule has 2 N–H and O–H groups in total. The molecule has 0 saturated carbocycles. The molecular weight excluding hydrogens is 300 g/mol. The van der Waals surface area contributed by atoms with Gasteiger partial charge in [-0.15, -0.1) is 0 Å². The van der Waals surface area contributed by atoms with Crippen LogP contribution in [0, 0.1) is 0 Å². The summed E-state index contributed by atoms with van der Waals surface area (Å²) in [6.07, 6.45) is 1.62. The Balaban J connectivity index is 1.65. The van der Waals surface area contributed by atoms with Crippen molar-refractivity contribution in [1.29, 1.82) is 0 Å². The third-order valence-corrected chi connectivity index (χ3v) is 3.27. The van der Waals surface area contributed by atoms with Gasteiger partial charge < -0.3 is 9.47 Å². The zero-order chi connectivity index (χ0) is 16.4. The van der Waals surface area contributed by atoms with Gasteiger partial charge in [0.1, 0.15) is 23.4 Å². The highest BCUT2D eigenvalue weighted by Crippen LogP contribution is 2.35. The lowest BCUT2D eigenvalue weighted by Crippen LogP contribution is -2.35. The standard InChI is InChI=1S/C15H16N4O4/c1-15(2)6-11(20)10-4-3-9(5-12(10)23-15)22-7-13(21)18-14-16-8-17-19-14/h3-5,8H,6-7H2,1-2H3,(H2,16,17,18,19,21). The average Bonchev–Trinajstić information content (AvgIpc) is 2.96. The molecular formula is C15H16N4O4. The first-order valence-electron chi connectivity index (χ1n) is 7.07. The van der Waals surface area contributed by atoms with Crippen molar-refractivity contribution in [2.45, 2.75) is 25.9 Å². The van der Waals surface area contributed by atoms with Crippen LogP contribution in [0.3, 0.4) is 0 Å². The molecule has 1 amide bonds. The smallest absolute Gasteiger partial charge is 0.264 e.